The van der Waals surface area contributed by atoms with Gasteiger partial charge in [0.25, 0.3) is 5.69 Å². The average molecular weight is 414 g/mol. The second kappa shape index (κ2) is 9.02. The molecule has 2 aromatic carbocycles. The first-order valence-corrected chi connectivity index (χ1v) is 9.23. The Bertz CT molecular complexity index is 1010. The predicted molar refractivity (Wildman–Crippen MR) is 112 cm³/mol. The van der Waals surface area contributed by atoms with Gasteiger partial charge in [-0.3, -0.25) is 15.5 Å². The maximum absolute atomic E-state index is 10.7. The van der Waals surface area contributed by atoms with Crippen molar-refractivity contribution in [3.05, 3.63) is 57.5 Å². The molecule has 0 fully saturated rings. The standard InChI is InChI=1S/C19H18N4O5S/c1-26-16-8-12(9-17(27-2)18(16)28-3)10-20-22-19-21-15(11-29-19)13-4-6-14(7-5-13)23(24)25/h4-11H,1-3H3,(H,21,22)/b20-10+. The van der Waals surface area contributed by atoms with Crippen LogP contribution in [0.5, 0.6) is 17.2 Å². The van der Waals surface area contributed by atoms with E-state index in [1.807, 2.05) is 5.38 Å². The molecule has 0 unspecified atom stereocenters. The first-order valence-electron chi connectivity index (χ1n) is 8.35. The maximum Gasteiger partial charge on any atom is 0.269 e. The number of nitrogens with one attached hydrogen (secondary N) is 1. The maximum atomic E-state index is 10.7. The van der Waals surface area contributed by atoms with Gasteiger partial charge in [0.2, 0.25) is 10.9 Å². The van der Waals surface area contributed by atoms with Gasteiger partial charge in [0, 0.05) is 28.6 Å². The van der Waals surface area contributed by atoms with Crippen molar-refractivity contribution >= 4 is 28.4 Å². The van der Waals surface area contributed by atoms with Crippen LogP contribution < -0.4 is 19.6 Å². The van der Waals surface area contributed by atoms with E-state index in [1.165, 1.54) is 23.5 Å². The van der Waals surface area contributed by atoms with Crippen LogP contribution in [0.1, 0.15) is 5.56 Å². The Kier molecular flexibility index (Phi) is 6.25. The molecular weight excluding hydrogens is 396 g/mol. The van der Waals surface area contributed by atoms with Crippen LogP contribution in [-0.4, -0.2) is 37.5 Å². The van der Waals surface area contributed by atoms with E-state index in [1.54, 1.807) is 51.8 Å². The molecule has 1 aromatic heterocycles. The van der Waals surface area contributed by atoms with Gasteiger partial charge >= 0.3 is 0 Å². The molecule has 3 rings (SSSR count). The van der Waals surface area contributed by atoms with Crippen LogP contribution in [0.2, 0.25) is 0 Å². The second-order valence-corrected chi connectivity index (χ2v) is 6.53. The highest BCUT2D eigenvalue weighted by atomic mass is 32.1. The highest BCUT2D eigenvalue weighted by Gasteiger charge is 2.12. The van der Waals surface area contributed by atoms with Crippen molar-refractivity contribution in [2.24, 2.45) is 5.10 Å². The smallest absolute Gasteiger partial charge is 0.269 e. The Morgan fingerprint density at radius 2 is 1.76 bits per heavy atom. The van der Waals surface area contributed by atoms with Gasteiger partial charge in [-0.1, -0.05) is 0 Å². The fourth-order valence-electron chi connectivity index (χ4n) is 2.55. The number of ether oxygens (including phenoxy) is 3. The summed E-state index contributed by atoms with van der Waals surface area (Å²) in [5.41, 5.74) is 5.15. The molecular formula is C19H18N4O5S. The van der Waals surface area contributed by atoms with Gasteiger partial charge in [0.05, 0.1) is 38.2 Å². The van der Waals surface area contributed by atoms with E-state index in [-0.39, 0.29) is 5.69 Å². The van der Waals surface area contributed by atoms with Crippen molar-refractivity contribution < 1.29 is 19.1 Å². The van der Waals surface area contributed by atoms with Crippen molar-refractivity contribution in [2.75, 3.05) is 26.8 Å². The Morgan fingerprint density at radius 1 is 1.10 bits per heavy atom. The molecule has 1 heterocycles. The normalized spacial score (nSPS) is 10.7. The lowest BCUT2D eigenvalue weighted by molar-refractivity contribution is -0.384. The fraction of sp³-hybridized carbons (Fsp3) is 0.158. The van der Waals surface area contributed by atoms with Crippen LogP contribution in [0.4, 0.5) is 10.8 Å². The third-order valence-corrected chi connectivity index (χ3v) is 4.69. The number of nitro groups is 1. The number of hydrogen-bond acceptors (Lipinski definition) is 9. The molecule has 9 nitrogen and oxygen atoms in total. The zero-order chi connectivity index (χ0) is 20.8. The number of rotatable bonds is 8. The van der Waals surface area contributed by atoms with E-state index in [0.717, 1.165) is 11.1 Å². The molecule has 10 heteroatoms. The molecule has 0 bridgehead atoms. The predicted octanol–water partition coefficient (Wildman–Crippen LogP) is 4.19. The van der Waals surface area contributed by atoms with E-state index in [0.29, 0.717) is 28.1 Å². The van der Waals surface area contributed by atoms with Crippen molar-refractivity contribution in [3.8, 4) is 28.5 Å². The van der Waals surface area contributed by atoms with Gasteiger partial charge in [-0.05, 0) is 24.3 Å². The number of hydrazone groups is 1. The van der Waals surface area contributed by atoms with E-state index in [2.05, 4.69) is 15.5 Å². The summed E-state index contributed by atoms with van der Waals surface area (Å²) in [6.07, 6.45) is 1.61. The van der Waals surface area contributed by atoms with Crippen LogP contribution in [-0.2, 0) is 0 Å². The number of nitro benzene ring substituents is 1. The summed E-state index contributed by atoms with van der Waals surface area (Å²) in [5, 5.41) is 17.4. The van der Waals surface area contributed by atoms with E-state index in [4.69, 9.17) is 14.2 Å². The molecule has 0 atom stereocenters. The molecule has 0 saturated carbocycles. The van der Waals surface area contributed by atoms with E-state index < -0.39 is 4.92 Å². The minimum Gasteiger partial charge on any atom is -0.493 e. The molecule has 0 amide bonds. The number of methoxy groups -OCH3 is 3. The van der Waals surface area contributed by atoms with Gasteiger partial charge in [-0.2, -0.15) is 5.10 Å². The van der Waals surface area contributed by atoms with Crippen LogP contribution in [0, 0.1) is 10.1 Å². The number of hydrogen-bond donors (Lipinski definition) is 1. The van der Waals surface area contributed by atoms with Gasteiger partial charge in [-0.15, -0.1) is 11.3 Å². The lowest BCUT2D eigenvalue weighted by Gasteiger charge is -2.12. The van der Waals surface area contributed by atoms with Gasteiger partial charge in [0.1, 0.15) is 0 Å². The quantitative estimate of drug-likeness (QED) is 0.334. The monoisotopic (exact) mass is 414 g/mol. The van der Waals surface area contributed by atoms with E-state index in [9.17, 15) is 10.1 Å². The zero-order valence-electron chi connectivity index (χ0n) is 15.9. The molecule has 0 aliphatic heterocycles. The molecule has 1 N–H and O–H groups in total. The molecule has 0 aliphatic rings. The Labute approximate surface area is 170 Å². The van der Waals surface area contributed by atoms with Gasteiger partial charge in [0.15, 0.2) is 11.5 Å². The molecule has 0 aliphatic carbocycles. The van der Waals surface area contributed by atoms with E-state index >= 15 is 0 Å². The Hall–Kier alpha value is -3.66. The summed E-state index contributed by atoms with van der Waals surface area (Å²) in [4.78, 5) is 14.7. The lowest BCUT2D eigenvalue weighted by Crippen LogP contribution is -1.97. The number of nitrogens with zero attached hydrogens (tertiary/aromatic N) is 3. The fourth-order valence-corrected chi connectivity index (χ4v) is 3.22. The average Bonchev–Trinajstić information content (AvgIpc) is 3.21. The summed E-state index contributed by atoms with van der Waals surface area (Å²) in [5.74, 6) is 1.57. The van der Waals surface area contributed by atoms with Crippen molar-refractivity contribution in [1.29, 1.82) is 0 Å². The SMILES string of the molecule is COc1cc(/C=N/Nc2nc(-c3ccc([N+](=O)[O-])cc3)cs2)cc(OC)c1OC. The summed E-state index contributed by atoms with van der Waals surface area (Å²) >= 11 is 1.37. The highest BCUT2D eigenvalue weighted by molar-refractivity contribution is 7.14. The minimum atomic E-state index is -0.435. The van der Waals surface area contributed by atoms with Crippen molar-refractivity contribution in [1.82, 2.24) is 4.98 Å². The minimum absolute atomic E-state index is 0.0391. The first kappa shape index (κ1) is 20.1. The Balaban J connectivity index is 1.72. The third-order valence-electron chi connectivity index (χ3n) is 3.94. The van der Waals surface area contributed by atoms with Crippen LogP contribution in [0.15, 0.2) is 46.9 Å². The molecule has 0 radical (unpaired) electrons. The second-order valence-electron chi connectivity index (χ2n) is 5.67. The van der Waals surface area contributed by atoms with Crippen molar-refractivity contribution in [3.63, 3.8) is 0 Å². The molecule has 3 aromatic rings. The molecule has 150 valence electrons. The third kappa shape index (κ3) is 4.61. The van der Waals surface area contributed by atoms with Gasteiger partial charge < -0.3 is 14.2 Å². The molecule has 29 heavy (non-hydrogen) atoms. The summed E-state index contributed by atoms with van der Waals surface area (Å²) in [6.45, 7) is 0. The number of thiazole rings is 1. The van der Waals surface area contributed by atoms with Crippen molar-refractivity contribution in [2.45, 2.75) is 0 Å². The summed E-state index contributed by atoms with van der Waals surface area (Å²) in [6, 6.07) is 9.77. The first-order chi connectivity index (χ1) is 14.0. The number of anilines is 1. The van der Waals surface area contributed by atoms with Crippen LogP contribution in [0.3, 0.4) is 0 Å². The highest BCUT2D eigenvalue weighted by Crippen LogP contribution is 2.37. The number of non-ortho nitro benzene ring substituents is 1. The molecule has 0 spiro atoms. The van der Waals surface area contributed by atoms with Crippen LogP contribution in [0.25, 0.3) is 11.3 Å². The zero-order valence-corrected chi connectivity index (χ0v) is 16.7. The van der Waals surface area contributed by atoms with Gasteiger partial charge in [-0.25, -0.2) is 4.98 Å². The summed E-state index contributed by atoms with van der Waals surface area (Å²) < 4.78 is 15.9. The van der Waals surface area contributed by atoms with Crippen LogP contribution >= 0.6 is 11.3 Å². The topological polar surface area (TPSA) is 108 Å². The summed E-state index contributed by atoms with van der Waals surface area (Å²) in [7, 11) is 4.64. The lowest BCUT2D eigenvalue weighted by atomic mass is 10.1. The number of benzene rings is 2. The molecule has 0 saturated heterocycles. The Morgan fingerprint density at radius 3 is 2.31 bits per heavy atom. The largest absolute Gasteiger partial charge is 0.493 e. The number of aromatic nitrogens is 1.